The van der Waals surface area contributed by atoms with Gasteiger partial charge in [-0.2, -0.15) is 0 Å². The molecule has 0 saturated heterocycles. The standard InChI is InChI=1S/C13H18N2/c1-4-10-14-11-13(15(2)3)12-8-6-5-7-9-12/h1,5-9,13-14H,10-11H2,2-3H3. The van der Waals surface area contributed by atoms with E-state index >= 15 is 0 Å². The van der Waals surface area contributed by atoms with Gasteiger partial charge < -0.3 is 10.2 Å². The third-order valence-electron chi connectivity index (χ3n) is 2.37. The summed E-state index contributed by atoms with van der Waals surface area (Å²) in [4.78, 5) is 2.19. The molecule has 1 unspecified atom stereocenters. The molecule has 0 fully saturated rings. The van der Waals surface area contributed by atoms with Crippen molar-refractivity contribution in [2.75, 3.05) is 27.2 Å². The molecule has 1 N–H and O–H groups in total. The number of benzene rings is 1. The molecule has 2 heteroatoms. The van der Waals surface area contributed by atoms with Crippen molar-refractivity contribution in [3.8, 4) is 12.3 Å². The van der Waals surface area contributed by atoms with E-state index in [1.54, 1.807) is 0 Å². The van der Waals surface area contributed by atoms with Gasteiger partial charge in [0.2, 0.25) is 0 Å². The van der Waals surface area contributed by atoms with Crippen LogP contribution in [0.1, 0.15) is 11.6 Å². The molecule has 0 aromatic heterocycles. The Balaban J connectivity index is 2.63. The summed E-state index contributed by atoms with van der Waals surface area (Å²) in [6, 6.07) is 10.8. The lowest BCUT2D eigenvalue weighted by Gasteiger charge is -2.24. The molecule has 15 heavy (non-hydrogen) atoms. The van der Waals surface area contributed by atoms with E-state index in [0.29, 0.717) is 12.6 Å². The summed E-state index contributed by atoms with van der Waals surface area (Å²) in [5.74, 6) is 2.58. The van der Waals surface area contributed by atoms with Gasteiger partial charge >= 0.3 is 0 Å². The zero-order valence-electron chi connectivity index (χ0n) is 9.40. The summed E-state index contributed by atoms with van der Waals surface area (Å²) in [6.45, 7) is 1.50. The highest BCUT2D eigenvalue weighted by molar-refractivity contribution is 5.19. The highest BCUT2D eigenvalue weighted by atomic mass is 15.1. The Morgan fingerprint density at radius 3 is 2.53 bits per heavy atom. The molecule has 0 bridgehead atoms. The first kappa shape index (κ1) is 11.8. The smallest absolute Gasteiger partial charge is 0.0574 e. The van der Waals surface area contributed by atoms with Gasteiger partial charge in [0.05, 0.1) is 6.54 Å². The first-order valence-corrected chi connectivity index (χ1v) is 5.11. The minimum absolute atomic E-state index is 0.375. The molecule has 0 saturated carbocycles. The number of hydrogen-bond donors (Lipinski definition) is 1. The highest BCUT2D eigenvalue weighted by Crippen LogP contribution is 2.16. The van der Waals surface area contributed by atoms with Crippen molar-refractivity contribution in [2.45, 2.75) is 6.04 Å². The zero-order valence-corrected chi connectivity index (χ0v) is 9.40. The van der Waals surface area contributed by atoms with Gasteiger partial charge in [-0.05, 0) is 19.7 Å². The minimum atomic E-state index is 0.375. The molecule has 1 aromatic rings. The van der Waals surface area contributed by atoms with E-state index in [9.17, 15) is 0 Å². The van der Waals surface area contributed by atoms with E-state index in [-0.39, 0.29) is 0 Å². The molecular formula is C13H18N2. The monoisotopic (exact) mass is 202 g/mol. The number of rotatable bonds is 5. The lowest BCUT2D eigenvalue weighted by atomic mass is 10.1. The fourth-order valence-corrected chi connectivity index (χ4v) is 1.55. The van der Waals surface area contributed by atoms with Gasteiger partial charge in [-0.3, -0.25) is 0 Å². The maximum Gasteiger partial charge on any atom is 0.0574 e. The fraction of sp³-hybridized carbons (Fsp3) is 0.385. The second-order valence-electron chi connectivity index (χ2n) is 3.73. The van der Waals surface area contributed by atoms with E-state index in [1.165, 1.54) is 5.56 Å². The molecular weight excluding hydrogens is 184 g/mol. The third kappa shape index (κ3) is 3.75. The van der Waals surface area contributed by atoms with Gasteiger partial charge in [0.15, 0.2) is 0 Å². The molecule has 0 radical (unpaired) electrons. The Bertz CT molecular complexity index is 311. The Labute approximate surface area is 92.3 Å². The molecule has 0 aliphatic carbocycles. The van der Waals surface area contributed by atoms with Gasteiger partial charge in [0, 0.05) is 12.6 Å². The Morgan fingerprint density at radius 2 is 2.00 bits per heavy atom. The third-order valence-corrected chi connectivity index (χ3v) is 2.37. The fourth-order valence-electron chi connectivity index (χ4n) is 1.55. The molecule has 0 aliphatic rings. The van der Waals surface area contributed by atoms with Crippen LogP contribution in [0.15, 0.2) is 30.3 Å². The van der Waals surface area contributed by atoms with Crippen molar-refractivity contribution < 1.29 is 0 Å². The van der Waals surface area contributed by atoms with Crippen molar-refractivity contribution in [3.63, 3.8) is 0 Å². The van der Waals surface area contributed by atoms with E-state index in [4.69, 9.17) is 6.42 Å². The molecule has 0 spiro atoms. The number of likely N-dealkylation sites (N-methyl/N-ethyl adjacent to an activating group) is 1. The Morgan fingerprint density at radius 1 is 1.33 bits per heavy atom. The number of hydrogen-bond acceptors (Lipinski definition) is 2. The Kier molecular flexibility index (Phi) is 4.89. The van der Waals surface area contributed by atoms with Gasteiger partial charge in [0.1, 0.15) is 0 Å². The SMILES string of the molecule is C#CCNCC(c1ccccc1)N(C)C. The molecule has 0 amide bonds. The van der Waals surface area contributed by atoms with Crippen molar-refractivity contribution in [1.29, 1.82) is 0 Å². The van der Waals surface area contributed by atoms with Crippen molar-refractivity contribution in [2.24, 2.45) is 0 Å². The van der Waals surface area contributed by atoms with E-state index in [1.807, 2.05) is 6.07 Å². The maximum absolute atomic E-state index is 5.20. The lowest BCUT2D eigenvalue weighted by molar-refractivity contribution is 0.292. The van der Waals surface area contributed by atoms with Crippen molar-refractivity contribution >= 4 is 0 Å². The number of nitrogens with one attached hydrogen (secondary N) is 1. The second-order valence-corrected chi connectivity index (χ2v) is 3.73. The normalized spacial score (nSPS) is 12.4. The summed E-state index contributed by atoms with van der Waals surface area (Å²) in [7, 11) is 4.16. The van der Waals surface area contributed by atoms with Crippen LogP contribution in [0, 0.1) is 12.3 Å². The van der Waals surface area contributed by atoms with Gasteiger partial charge in [-0.25, -0.2) is 0 Å². The summed E-state index contributed by atoms with van der Waals surface area (Å²) < 4.78 is 0. The van der Waals surface area contributed by atoms with Crippen LogP contribution in [0.2, 0.25) is 0 Å². The second kappa shape index (κ2) is 6.23. The first-order chi connectivity index (χ1) is 7.25. The minimum Gasteiger partial charge on any atom is -0.304 e. The summed E-state index contributed by atoms with van der Waals surface area (Å²) >= 11 is 0. The number of nitrogens with zero attached hydrogens (tertiary/aromatic N) is 1. The van der Waals surface area contributed by atoms with Gasteiger partial charge in [-0.15, -0.1) is 6.42 Å². The molecule has 2 nitrogen and oxygen atoms in total. The molecule has 0 heterocycles. The summed E-state index contributed by atoms with van der Waals surface area (Å²) in [5.41, 5.74) is 1.31. The number of terminal acetylenes is 1. The van der Waals surface area contributed by atoms with Crippen molar-refractivity contribution in [1.82, 2.24) is 10.2 Å². The molecule has 0 aliphatic heterocycles. The predicted octanol–water partition coefficient (Wildman–Crippen LogP) is 1.51. The molecule has 1 rings (SSSR count). The van der Waals surface area contributed by atoms with Crippen LogP contribution in [0.3, 0.4) is 0 Å². The largest absolute Gasteiger partial charge is 0.304 e. The first-order valence-electron chi connectivity index (χ1n) is 5.11. The average molecular weight is 202 g/mol. The van der Waals surface area contributed by atoms with Crippen LogP contribution < -0.4 is 5.32 Å². The van der Waals surface area contributed by atoms with Crippen LogP contribution in [0.5, 0.6) is 0 Å². The molecule has 80 valence electrons. The van der Waals surface area contributed by atoms with E-state index in [0.717, 1.165) is 6.54 Å². The van der Waals surface area contributed by atoms with Crippen LogP contribution in [0.4, 0.5) is 0 Å². The lowest BCUT2D eigenvalue weighted by Crippen LogP contribution is -2.31. The summed E-state index contributed by atoms with van der Waals surface area (Å²) in [5, 5.41) is 3.24. The molecule has 1 atom stereocenters. The Hall–Kier alpha value is -1.30. The summed E-state index contributed by atoms with van der Waals surface area (Å²) in [6.07, 6.45) is 5.20. The zero-order chi connectivity index (χ0) is 11.1. The van der Waals surface area contributed by atoms with Crippen LogP contribution in [-0.4, -0.2) is 32.1 Å². The average Bonchev–Trinajstić information content (AvgIpc) is 2.25. The van der Waals surface area contributed by atoms with Crippen LogP contribution in [0.25, 0.3) is 0 Å². The maximum atomic E-state index is 5.20. The highest BCUT2D eigenvalue weighted by Gasteiger charge is 2.12. The van der Waals surface area contributed by atoms with Gasteiger partial charge in [-0.1, -0.05) is 36.3 Å². The predicted molar refractivity (Wildman–Crippen MR) is 64.6 cm³/mol. The van der Waals surface area contributed by atoms with Gasteiger partial charge in [0.25, 0.3) is 0 Å². The van der Waals surface area contributed by atoms with E-state index < -0.39 is 0 Å². The van der Waals surface area contributed by atoms with E-state index in [2.05, 4.69) is 54.5 Å². The quantitative estimate of drug-likeness (QED) is 0.575. The van der Waals surface area contributed by atoms with Crippen LogP contribution >= 0.6 is 0 Å². The van der Waals surface area contributed by atoms with Crippen LogP contribution in [-0.2, 0) is 0 Å². The molecule has 1 aromatic carbocycles. The topological polar surface area (TPSA) is 15.3 Å². The van der Waals surface area contributed by atoms with Crippen molar-refractivity contribution in [3.05, 3.63) is 35.9 Å².